The Morgan fingerprint density at radius 2 is 2.08 bits per heavy atom. The van der Waals surface area contributed by atoms with Crippen molar-refractivity contribution in [1.82, 2.24) is 0 Å². The summed E-state index contributed by atoms with van der Waals surface area (Å²) in [6.45, 7) is 0. The summed E-state index contributed by atoms with van der Waals surface area (Å²) in [6.07, 6.45) is 4.15. The van der Waals surface area contributed by atoms with Gasteiger partial charge in [-0.3, -0.25) is 9.79 Å². The van der Waals surface area contributed by atoms with Gasteiger partial charge in [0.15, 0.2) is 0 Å². The van der Waals surface area contributed by atoms with Gasteiger partial charge in [0, 0.05) is 11.1 Å². The molecule has 1 unspecified atom stereocenters. The Morgan fingerprint density at radius 3 is 2.69 bits per heavy atom. The number of anilines is 1. The summed E-state index contributed by atoms with van der Waals surface area (Å²) < 4.78 is 5.82. The maximum Gasteiger partial charge on any atom is 0.320 e. The second-order valence-electron chi connectivity index (χ2n) is 5.82. The quantitative estimate of drug-likeness (QED) is 0.675. The molecule has 3 rings (SSSR count). The lowest BCUT2D eigenvalue weighted by atomic mass is 10.1. The fourth-order valence-corrected chi connectivity index (χ4v) is 3.10. The topological polar surface area (TPSA) is 111 Å². The van der Waals surface area contributed by atoms with E-state index in [9.17, 15) is 4.79 Å². The highest BCUT2D eigenvalue weighted by molar-refractivity contribution is 8.04. The number of aliphatic imine (C=N–C) groups is 1. The van der Waals surface area contributed by atoms with Crippen LogP contribution < -0.4 is 16.2 Å². The van der Waals surface area contributed by atoms with Gasteiger partial charge in [-0.25, -0.2) is 0 Å². The molecule has 26 heavy (non-hydrogen) atoms. The van der Waals surface area contributed by atoms with Crippen molar-refractivity contribution < 1.29 is 14.6 Å². The van der Waals surface area contributed by atoms with Crippen molar-refractivity contribution >= 4 is 35.7 Å². The highest BCUT2D eigenvalue weighted by Gasteiger charge is 2.12. The van der Waals surface area contributed by atoms with E-state index in [2.05, 4.69) is 4.99 Å². The third kappa shape index (κ3) is 4.65. The van der Waals surface area contributed by atoms with Crippen molar-refractivity contribution in [2.24, 2.45) is 10.7 Å². The molecule has 2 aromatic carbocycles. The number of hydrogen-bond donors (Lipinski definition) is 3. The molecule has 0 bridgehead atoms. The molecule has 6 nitrogen and oxygen atoms in total. The van der Waals surface area contributed by atoms with E-state index in [1.807, 2.05) is 30.5 Å². The molecule has 1 atom stereocenters. The van der Waals surface area contributed by atoms with Crippen LogP contribution in [-0.2, 0) is 11.2 Å². The highest BCUT2D eigenvalue weighted by atomic mass is 32.2. The molecule has 2 aromatic rings. The number of carboxylic acid groups (broad SMARTS) is 1. The molecule has 1 aliphatic rings. The highest BCUT2D eigenvalue weighted by Crippen LogP contribution is 2.30. The normalized spacial score (nSPS) is 16.0. The molecular formula is C19H19N3O3S. The lowest BCUT2D eigenvalue weighted by Gasteiger charge is -2.11. The van der Waals surface area contributed by atoms with Crippen LogP contribution in [0.3, 0.4) is 0 Å². The van der Waals surface area contributed by atoms with E-state index in [1.54, 1.807) is 36.0 Å². The van der Waals surface area contributed by atoms with Crippen molar-refractivity contribution in [3.63, 3.8) is 0 Å². The molecule has 134 valence electrons. The van der Waals surface area contributed by atoms with E-state index in [4.69, 9.17) is 21.3 Å². The van der Waals surface area contributed by atoms with Crippen LogP contribution in [0.5, 0.6) is 11.5 Å². The van der Waals surface area contributed by atoms with Gasteiger partial charge in [0.1, 0.15) is 17.5 Å². The van der Waals surface area contributed by atoms with Crippen LogP contribution in [0.15, 0.2) is 52.4 Å². The number of nitrogens with two attached hydrogens (primary N) is 2. The minimum absolute atomic E-state index is 0.266. The smallest absolute Gasteiger partial charge is 0.320 e. The van der Waals surface area contributed by atoms with Crippen LogP contribution in [-0.4, -0.2) is 29.2 Å². The molecule has 0 saturated heterocycles. The first-order chi connectivity index (χ1) is 12.5. The summed E-state index contributed by atoms with van der Waals surface area (Å²) >= 11 is 1.68. The Hall–Kier alpha value is -2.77. The van der Waals surface area contributed by atoms with Gasteiger partial charge in [0.2, 0.25) is 0 Å². The average Bonchev–Trinajstić information content (AvgIpc) is 3.12. The Bertz CT molecular complexity index is 863. The molecule has 7 heteroatoms. The summed E-state index contributed by atoms with van der Waals surface area (Å²) in [5.74, 6) is 0.926. The molecule has 0 saturated carbocycles. The van der Waals surface area contributed by atoms with Crippen molar-refractivity contribution in [2.75, 3.05) is 11.6 Å². The van der Waals surface area contributed by atoms with E-state index in [-0.39, 0.29) is 6.42 Å². The fraction of sp³-hybridized carbons (Fsp3) is 0.158. The van der Waals surface area contributed by atoms with Crippen LogP contribution in [0.1, 0.15) is 11.1 Å². The van der Waals surface area contributed by atoms with Gasteiger partial charge in [0.25, 0.3) is 0 Å². The molecule has 1 aliphatic heterocycles. The number of ether oxygens (including phenoxy) is 1. The van der Waals surface area contributed by atoms with Gasteiger partial charge in [-0.2, -0.15) is 0 Å². The molecule has 5 N–H and O–H groups in total. The first-order valence-electron chi connectivity index (χ1n) is 8.00. The van der Waals surface area contributed by atoms with Crippen LogP contribution in [0.2, 0.25) is 0 Å². The van der Waals surface area contributed by atoms with Crippen LogP contribution >= 0.6 is 11.8 Å². The molecule has 0 radical (unpaired) electrons. The molecule has 1 heterocycles. The van der Waals surface area contributed by atoms with Crippen molar-refractivity contribution in [3.8, 4) is 11.5 Å². The van der Waals surface area contributed by atoms with E-state index < -0.39 is 12.0 Å². The van der Waals surface area contributed by atoms with E-state index in [0.29, 0.717) is 17.2 Å². The second kappa shape index (κ2) is 8.07. The van der Waals surface area contributed by atoms with E-state index in [0.717, 1.165) is 21.9 Å². The lowest BCUT2D eigenvalue weighted by molar-refractivity contribution is -0.138. The standard InChI is InChI=1S/C19H19N3O3S/c20-16-9-13(7-15-10-22-11-26-15)3-6-18(16)25-14-4-1-12(2-5-14)8-17(21)19(23)24/h1-7,9-10,17H,8,11,20-21H2,(H,23,24). The molecule has 0 aliphatic carbocycles. The third-order valence-electron chi connectivity index (χ3n) is 3.79. The molecule has 0 aromatic heterocycles. The van der Waals surface area contributed by atoms with Crippen LogP contribution in [0, 0.1) is 0 Å². The lowest BCUT2D eigenvalue weighted by Crippen LogP contribution is -2.32. The number of aliphatic carboxylic acids is 1. The van der Waals surface area contributed by atoms with E-state index >= 15 is 0 Å². The largest absolute Gasteiger partial charge is 0.480 e. The first-order valence-corrected chi connectivity index (χ1v) is 8.99. The zero-order chi connectivity index (χ0) is 18.5. The summed E-state index contributed by atoms with van der Waals surface area (Å²) in [5, 5.41) is 8.86. The second-order valence-corrected chi connectivity index (χ2v) is 6.84. The molecule has 0 spiro atoms. The average molecular weight is 369 g/mol. The monoisotopic (exact) mass is 369 g/mol. The third-order valence-corrected chi connectivity index (χ3v) is 4.63. The predicted octanol–water partition coefficient (Wildman–Crippen LogP) is 3.13. The number of nitrogen functional groups attached to an aromatic ring is 1. The summed E-state index contributed by atoms with van der Waals surface area (Å²) in [5.41, 5.74) is 14.0. The number of hydrogen-bond acceptors (Lipinski definition) is 6. The number of allylic oxidation sites excluding steroid dienone is 1. The van der Waals surface area contributed by atoms with Crippen molar-refractivity contribution in [2.45, 2.75) is 12.5 Å². The number of nitrogens with zero attached hydrogens (tertiary/aromatic N) is 1. The van der Waals surface area contributed by atoms with Crippen molar-refractivity contribution in [1.29, 1.82) is 0 Å². The van der Waals surface area contributed by atoms with Gasteiger partial charge in [-0.1, -0.05) is 18.2 Å². The molecular weight excluding hydrogens is 350 g/mol. The SMILES string of the molecule is Nc1cc(C=C2C=NCS2)ccc1Oc1ccc(CC(N)C(=O)O)cc1. The number of carbonyl (C=O) groups is 1. The van der Waals surface area contributed by atoms with E-state index in [1.165, 1.54) is 0 Å². The number of thioether (sulfide) groups is 1. The summed E-state index contributed by atoms with van der Waals surface area (Å²) in [6, 6.07) is 11.8. The summed E-state index contributed by atoms with van der Waals surface area (Å²) in [7, 11) is 0. The molecule has 0 amide bonds. The number of carboxylic acids is 1. The van der Waals surface area contributed by atoms with Gasteiger partial charge >= 0.3 is 5.97 Å². The van der Waals surface area contributed by atoms with Crippen LogP contribution in [0.25, 0.3) is 6.08 Å². The number of rotatable bonds is 6. The zero-order valence-electron chi connectivity index (χ0n) is 14.0. The van der Waals surface area contributed by atoms with Crippen molar-refractivity contribution in [3.05, 3.63) is 58.5 Å². The fourth-order valence-electron chi connectivity index (χ4n) is 2.43. The Balaban J connectivity index is 1.67. The van der Waals surface area contributed by atoms with Gasteiger partial charge in [-0.05, 0) is 47.9 Å². The predicted molar refractivity (Wildman–Crippen MR) is 106 cm³/mol. The zero-order valence-corrected chi connectivity index (χ0v) is 14.8. The van der Waals surface area contributed by atoms with Crippen LogP contribution in [0.4, 0.5) is 5.69 Å². The number of benzene rings is 2. The maximum atomic E-state index is 10.8. The summed E-state index contributed by atoms with van der Waals surface area (Å²) in [4.78, 5) is 16.1. The first kappa shape index (κ1) is 18.0. The Morgan fingerprint density at radius 1 is 1.31 bits per heavy atom. The van der Waals surface area contributed by atoms with Gasteiger partial charge in [0.05, 0.1) is 11.6 Å². The van der Waals surface area contributed by atoms with Gasteiger partial charge < -0.3 is 21.3 Å². The molecule has 0 fully saturated rings. The Kier molecular flexibility index (Phi) is 5.60. The maximum absolute atomic E-state index is 10.8. The minimum Gasteiger partial charge on any atom is -0.480 e. The minimum atomic E-state index is -1.02. The Labute approximate surface area is 155 Å². The van der Waals surface area contributed by atoms with Gasteiger partial charge in [-0.15, -0.1) is 11.8 Å².